The van der Waals surface area contributed by atoms with Crippen LogP contribution in [0.2, 0.25) is 0 Å². The van der Waals surface area contributed by atoms with E-state index >= 15 is 0 Å². The molecule has 2 rings (SSSR count). The molecule has 3 N–H and O–H groups in total. The second-order valence-electron chi connectivity index (χ2n) is 4.28. The first-order valence-electron chi connectivity index (χ1n) is 5.64. The average molecular weight is 349 g/mol. The van der Waals surface area contributed by atoms with Gasteiger partial charge in [0.15, 0.2) is 0 Å². The number of rotatable bonds is 3. The van der Waals surface area contributed by atoms with Gasteiger partial charge in [-0.2, -0.15) is 18.3 Å². The molecule has 2 aromatic rings. The van der Waals surface area contributed by atoms with E-state index in [1.165, 1.54) is 6.07 Å². The van der Waals surface area contributed by atoms with Gasteiger partial charge in [-0.05, 0) is 17.7 Å². The second kappa shape index (κ2) is 5.55. The Kier molecular flexibility index (Phi) is 4.17. The van der Waals surface area contributed by atoms with Crippen LogP contribution in [0.5, 0.6) is 0 Å². The van der Waals surface area contributed by atoms with Crippen molar-refractivity contribution < 1.29 is 13.2 Å². The van der Waals surface area contributed by atoms with E-state index in [0.717, 1.165) is 6.07 Å². The Morgan fingerprint density at radius 1 is 1.35 bits per heavy atom. The molecule has 0 aliphatic heterocycles. The molecule has 0 bridgehead atoms. The Labute approximate surface area is 121 Å². The van der Waals surface area contributed by atoms with Gasteiger partial charge in [-0.15, -0.1) is 0 Å². The number of aryl methyl sites for hydroxylation is 1. The van der Waals surface area contributed by atoms with Gasteiger partial charge in [0.05, 0.1) is 17.8 Å². The first-order chi connectivity index (χ1) is 9.32. The minimum Gasteiger partial charge on any atom is -0.275 e. The Hall–Kier alpha value is -1.38. The van der Waals surface area contributed by atoms with Gasteiger partial charge in [0.25, 0.3) is 0 Å². The monoisotopic (exact) mass is 348 g/mol. The highest BCUT2D eigenvalue weighted by Gasteiger charge is 2.33. The zero-order valence-corrected chi connectivity index (χ0v) is 12.0. The van der Waals surface area contributed by atoms with Crippen molar-refractivity contribution >= 4 is 15.9 Å². The van der Waals surface area contributed by atoms with Crippen molar-refractivity contribution in [2.75, 3.05) is 0 Å². The number of benzene rings is 1. The maximum Gasteiger partial charge on any atom is 0.417 e. The number of aromatic nitrogens is 2. The maximum absolute atomic E-state index is 12.9. The van der Waals surface area contributed by atoms with Gasteiger partial charge < -0.3 is 0 Å². The predicted octanol–water partition coefficient (Wildman–Crippen LogP) is 2.75. The molecule has 1 aromatic heterocycles. The number of alkyl halides is 3. The molecule has 108 valence electrons. The van der Waals surface area contributed by atoms with E-state index < -0.39 is 17.8 Å². The lowest BCUT2D eigenvalue weighted by molar-refractivity contribution is -0.138. The van der Waals surface area contributed by atoms with Crippen molar-refractivity contribution in [3.05, 3.63) is 51.8 Å². The van der Waals surface area contributed by atoms with E-state index in [4.69, 9.17) is 5.84 Å². The van der Waals surface area contributed by atoms with Crippen molar-refractivity contribution in [1.29, 1.82) is 0 Å². The number of hydrogen-bond acceptors (Lipinski definition) is 3. The third-order valence-corrected chi connectivity index (χ3v) is 3.55. The summed E-state index contributed by atoms with van der Waals surface area (Å²) in [5.74, 6) is 5.46. The van der Waals surface area contributed by atoms with Crippen LogP contribution in [0.1, 0.15) is 22.7 Å². The molecule has 0 radical (unpaired) electrons. The summed E-state index contributed by atoms with van der Waals surface area (Å²) in [7, 11) is 1.72. The lowest BCUT2D eigenvalue weighted by Crippen LogP contribution is -2.28. The predicted molar refractivity (Wildman–Crippen MR) is 71.5 cm³/mol. The third-order valence-electron chi connectivity index (χ3n) is 2.85. The fourth-order valence-electron chi connectivity index (χ4n) is 1.91. The molecule has 0 fully saturated rings. The highest BCUT2D eigenvalue weighted by Crippen LogP contribution is 2.36. The number of nitrogens with one attached hydrogen (secondary N) is 1. The maximum atomic E-state index is 12.9. The van der Waals surface area contributed by atoms with Crippen LogP contribution in [-0.2, 0) is 13.2 Å². The molecule has 4 nitrogen and oxygen atoms in total. The van der Waals surface area contributed by atoms with Crippen molar-refractivity contribution in [1.82, 2.24) is 15.2 Å². The lowest BCUT2D eigenvalue weighted by atomic mass is 10.00. The summed E-state index contributed by atoms with van der Waals surface area (Å²) in [4.78, 5) is 0. The van der Waals surface area contributed by atoms with Crippen LogP contribution < -0.4 is 11.3 Å². The second-order valence-corrected chi connectivity index (χ2v) is 5.14. The largest absolute Gasteiger partial charge is 0.417 e. The number of nitrogens with two attached hydrogens (primary N) is 1. The Morgan fingerprint density at radius 2 is 2.05 bits per heavy atom. The van der Waals surface area contributed by atoms with Gasteiger partial charge in [0.2, 0.25) is 0 Å². The van der Waals surface area contributed by atoms with E-state index in [0.29, 0.717) is 11.1 Å². The summed E-state index contributed by atoms with van der Waals surface area (Å²) in [5.41, 5.74) is 2.87. The van der Waals surface area contributed by atoms with Gasteiger partial charge in [-0.25, -0.2) is 5.43 Å². The van der Waals surface area contributed by atoms with Gasteiger partial charge in [-0.3, -0.25) is 10.5 Å². The van der Waals surface area contributed by atoms with Crippen LogP contribution in [-0.4, -0.2) is 9.78 Å². The number of nitrogens with zero attached hydrogens (tertiary/aromatic N) is 2. The van der Waals surface area contributed by atoms with Crippen molar-refractivity contribution in [2.24, 2.45) is 12.9 Å². The molecule has 0 aliphatic carbocycles. The third kappa shape index (κ3) is 3.02. The summed E-state index contributed by atoms with van der Waals surface area (Å²) in [6.07, 6.45) is -1.18. The van der Waals surface area contributed by atoms with E-state index in [1.54, 1.807) is 30.2 Å². The highest BCUT2D eigenvalue weighted by atomic mass is 79.9. The van der Waals surface area contributed by atoms with E-state index in [1.807, 2.05) is 0 Å². The first-order valence-corrected chi connectivity index (χ1v) is 6.43. The molecule has 8 heteroatoms. The molecule has 0 aliphatic rings. The quantitative estimate of drug-likeness (QED) is 0.662. The van der Waals surface area contributed by atoms with Crippen molar-refractivity contribution in [2.45, 2.75) is 12.2 Å². The summed E-state index contributed by atoms with van der Waals surface area (Å²) in [6, 6.07) is 3.45. The molecule has 1 atom stereocenters. The normalized spacial score (nSPS) is 13.5. The van der Waals surface area contributed by atoms with Crippen molar-refractivity contribution in [3.8, 4) is 0 Å². The average Bonchev–Trinajstić information content (AvgIpc) is 2.77. The number of halogens is 4. The minimum absolute atomic E-state index is 0.00397. The number of hydrazine groups is 1. The highest BCUT2D eigenvalue weighted by molar-refractivity contribution is 9.10. The van der Waals surface area contributed by atoms with E-state index in [2.05, 4.69) is 26.5 Å². The summed E-state index contributed by atoms with van der Waals surface area (Å²) in [5, 5.41) is 3.99. The SMILES string of the molecule is Cn1cc(C(NN)c2ccc(Br)c(C(F)(F)F)c2)cn1. The van der Waals surface area contributed by atoms with Crippen LogP contribution in [0, 0.1) is 0 Å². The smallest absolute Gasteiger partial charge is 0.275 e. The van der Waals surface area contributed by atoms with Crippen LogP contribution in [0.3, 0.4) is 0 Å². The summed E-state index contributed by atoms with van der Waals surface area (Å²) in [6.45, 7) is 0. The summed E-state index contributed by atoms with van der Waals surface area (Å²) < 4.78 is 40.3. The van der Waals surface area contributed by atoms with Crippen LogP contribution in [0.15, 0.2) is 35.1 Å². The van der Waals surface area contributed by atoms with Gasteiger partial charge in [0, 0.05) is 23.3 Å². The van der Waals surface area contributed by atoms with Gasteiger partial charge in [-0.1, -0.05) is 22.0 Å². The molecular formula is C12H12BrF3N4. The van der Waals surface area contributed by atoms with Crippen molar-refractivity contribution in [3.63, 3.8) is 0 Å². The standard InChI is InChI=1S/C12H12BrF3N4/c1-20-6-8(5-18-20)11(19-17)7-2-3-10(13)9(4-7)12(14,15)16/h2-6,11,19H,17H2,1H3. The zero-order valence-electron chi connectivity index (χ0n) is 10.4. The number of hydrogen-bond donors (Lipinski definition) is 2. The zero-order chi connectivity index (χ0) is 14.9. The molecule has 1 aromatic carbocycles. The van der Waals surface area contributed by atoms with Crippen LogP contribution in [0.25, 0.3) is 0 Å². The van der Waals surface area contributed by atoms with Gasteiger partial charge in [0.1, 0.15) is 0 Å². The Bertz CT molecular complexity index is 609. The fraction of sp³-hybridized carbons (Fsp3) is 0.250. The Balaban J connectivity index is 2.46. The Morgan fingerprint density at radius 3 is 2.55 bits per heavy atom. The van der Waals surface area contributed by atoms with Crippen LogP contribution in [0.4, 0.5) is 13.2 Å². The minimum atomic E-state index is -4.43. The molecule has 0 saturated heterocycles. The van der Waals surface area contributed by atoms with Crippen LogP contribution >= 0.6 is 15.9 Å². The summed E-state index contributed by atoms with van der Waals surface area (Å²) >= 11 is 2.91. The molecule has 1 unspecified atom stereocenters. The van der Waals surface area contributed by atoms with E-state index in [-0.39, 0.29) is 4.47 Å². The van der Waals surface area contributed by atoms with E-state index in [9.17, 15) is 13.2 Å². The molecule has 0 saturated carbocycles. The fourth-order valence-corrected chi connectivity index (χ4v) is 2.39. The molecule has 0 spiro atoms. The topological polar surface area (TPSA) is 55.9 Å². The molecule has 1 heterocycles. The van der Waals surface area contributed by atoms with Gasteiger partial charge >= 0.3 is 6.18 Å². The lowest BCUT2D eigenvalue weighted by Gasteiger charge is -2.17. The molecule has 0 amide bonds. The molecular weight excluding hydrogens is 337 g/mol. The first kappa shape index (κ1) is 15.0. The molecule has 20 heavy (non-hydrogen) atoms.